The molecule has 3 heteroatoms. The number of hydrogen-bond donors (Lipinski definition) is 0. The van der Waals surface area contributed by atoms with E-state index in [0.717, 1.165) is 38.3 Å². The smallest absolute Gasteiger partial charge is 0.410 e. The van der Waals surface area contributed by atoms with E-state index >= 15 is 0 Å². The molecular formula is C17H29NO2. The van der Waals surface area contributed by atoms with E-state index in [1.165, 1.54) is 25.7 Å². The first-order chi connectivity index (χ1) is 9.42. The fourth-order valence-electron chi connectivity index (χ4n) is 4.77. The molecule has 2 saturated carbocycles. The predicted octanol–water partition coefficient (Wildman–Crippen LogP) is 4.21. The van der Waals surface area contributed by atoms with Crippen molar-refractivity contribution in [3.63, 3.8) is 0 Å². The molecule has 1 saturated heterocycles. The summed E-state index contributed by atoms with van der Waals surface area (Å²) in [5, 5.41) is 0. The molecule has 3 fully saturated rings. The summed E-state index contributed by atoms with van der Waals surface area (Å²) in [6.07, 6.45) is 8.39. The Morgan fingerprint density at radius 3 is 2.35 bits per heavy atom. The van der Waals surface area contributed by atoms with Crippen LogP contribution in [0.15, 0.2) is 0 Å². The molecule has 114 valence electrons. The topological polar surface area (TPSA) is 29.5 Å². The van der Waals surface area contributed by atoms with Crippen molar-refractivity contribution in [2.45, 2.75) is 71.3 Å². The Morgan fingerprint density at radius 2 is 1.85 bits per heavy atom. The molecule has 0 aromatic rings. The van der Waals surface area contributed by atoms with Gasteiger partial charge in [0.05, 0.1) is 0 Å². The van der Waals surface area contributed by atoms with E-state index in [2.05, 4.69) is 20.8 Å². The fourth-order valence-corrected chi connectivity index (χ4v) is 4.77. The number of amides is 1. The zero-order valence-electron chi connectivity index (χ0n) is 13.3. The lowest BCUT2D eigenvalue weighted by atomic mass is 9.67. The first-order valence-electron chi connectivity index (χ1n) is 8.40. The molecule has 1 amide bonds. The molecule has 3 unspecified atom stereocenters. The van der Waals surface area contributed by atoms with Crippen molar-refractivity contribution in [3.05, 3.63) is 0 Å². The Kier molecular flexibility index (Phi) is 3.50. The molecule has 0 N–H and O–H groups in total. The van der Waals surface area contributed by atoms with Crippen LogP contribution in [-0.2, 0) is 4.74 Å². The fraction of sp³-hybridized carbons (Fsp3) is 0.941. The summed E-state index contributed by atoms with van der Waals surface area (Å²) in [5.41, 5.74) is -0.178. The van der Waals surface area contributed by atoms with Gasteiger partial charge in [0, 0.05) is 18.5 Å². The maximum Gasteiger partial charge on any atom is 0.410 e. The summed E-state index contributed by atoms with van der Waals surface area (Å²) in [6.45, 7) is 8.51. The maximum absolute atomic E-state index is 12.6. The third kappa shape index (κ3) is 2.23. The van der Waals surface area contributed by atoms with Crippen LogP contribution in [0.1, 0.15) is 65.7 Å². The van der Waals surface area contributed by atoms with Gasteiger partial charge in [0.2, 0.25) is 0 Å². The number of carbonyl (C=O) groups excluding carboxylic acids is 1. The van der Waals surface area contributed by atoms with Crippen molar-refractivity contribution in [2.75, 3.05) is 13.1 Å². The molecule has 1 aliphatic heterocycles. The average molecular weight is 279 g/mol. The van der Waals surface area contributed by atoms with Gasteiger partial charge in [-0.05, 0) is 56.8 Å². The van der Waals surface area contributed by atoms with Gasteiger partial charge in [-0.15, -0.1) is 0 Å². The molecule has 0 aromatic carbocycles. The summed E-state index contributed by atoms with van der Waals surface area (Å²) < 4.78 is 6.22. The van der Waals surface area contributed by atoms with Crippen LogP contribution >= 0.6 is 0 Å². The molecule has 2 aliphatic carbocycles. The molecule has 0 spiro atoms. The quantitative estimate of drug-likeness (QED) is 0.719. The van der Waals surface area contributed by atoms with Crippen molar-refractivity contribution in [2.24, 2.45) is 17.3 Å². The van der Waals surface area contributed by atoms with Gasteiger partial charge in [-0.2, -0.15) is 0 Å². The number of piperidine rings is 1. The standard InChI is InChI=1S/C17H29NO2/c1-16(2,3)17(12-13-7-8-14(17)11-13)20-15(19)18-9-5-4-6-10-18/h13-14H,4-12H2,1-3H3. The largest absolute Gasteiger partial charge is 0.442 e. The average Bonchev–Trinajstić information content (AvgIpc) is 3.00. The Bertz CT molecular complexity index is 381. The second-order valence-electron chi connectivity index (χ2n) is 8.14. The highest BCUT2D eigenvalue weighted by Gasteiger charge is 2.59. The van der Waals surface area contributed by atoms with E-state index in [1.807, 2.05) is 4.90 Å². The van der Waals surface area contributed by atoms with Gasteiger partial charge in [-0.25, -0.2) is 4.79 Å². The summed E-state index contributed by atoms with van der Waals surface area (Å²) >= 11 is 0. The molecule has 1 heterocycles. The normalized spacial score (nSPS) is 37.2. The highest BCUT2D eigenvalue weighted by molar-refractivity contribution is 5.68. The number of carbonyl (C=O) groups is 1. The molecule has 3 nitrogen and oxygen atoms in total. The number of likely N-dealkylation sites (tertiary alicyclic amines) is 1. The lowest BCUT2D eigenvalue weighted by Gasteiger charge is -2.48. The van der Waals surface area contributed by atoms with E-state index in [4.69, 9.17) is 4.74 Å². The van der Waals surface area contributed by atoms with Crippen LogP contribution in [0, 0.1) is 17.3 Å². The zero-order chi connectivity index (χ0) is 14.4. The van der Waals surface area contributed by atoms with Crippen molar-refractivity contribution < 1.29 is 9.53 Å². The number of ether oxygens (including phenoxy) is 1. The van der Waals surface area contributed by atoms with Gasteiger partial charge in [0.25, 0.3) is 0 Å². The third-order valence-electron chi connectivity index (χ3n) is 5.95. The summed E-state index contributed by atoms with van der Waals surface area (Å²) in [6, 6.07) is 0. The second kappa shape index (κ2) is 4.92. The zero-order valence-corrected chi connectivity index (χ0v) is 13.3. The highest BCUT2D eigenvalue weighted by Crippen LogP contribution is 2.59. The number of fused-ring (bicyclic) bond motifs is 2. The molecule has 3 atom stereocenters. The van der Waals surface area contributed by atoms with Crippen molar-refractivity contribution in [1.29, 1.82) is 0 Å². The van der Waals surface area contributed by atoms with E-state index in [0.29, 0.717) is 5.92 Å². The number of nitrogens with zero attached hydrogens (tertiary/aromatic N) is 1. The Morgan fingerprint density at radius 1 is 1.15 bits per heavy atom. The highest BCUT2D eigenvalue weighted by atomic mass is 16.6. The summed E-state index contributed by atoms with van der Waals surface area (Å²) in [5.74, 6) is 1.37. The van der Waals surface area contributed by atoms with Gasteiger partial charge in [0.1, 0.15) is 5.60 Å². The van der Waals surface area contributed by atoms with Crippen LogP contribution in [-0.4, -0.2) is 29.7 Å². The number of rotatable bonds is 1. The van der Waals surface area contributed by atoms with Crippen LogP contribution in [0.3, 0.4) is 0 Å². The van der Waals surface area contributed by atoms with Gasteiger partial charge >= 0.3 is 6.09 Å². The molecular weight excluding hydrogens is 250 g/mol. The first kappa shape index (κ1) is 14.2. The SMILES string of the molecule is CC(C)(C)C1(OC(=O)N2CCCCC2)CC2CCC1C2. The Hall–Kier alpha value is -0.730. The van der Waals surface area contributed by atoms with Gasteiger partial charge in [-0.1, -0.05) is 20.8 Å². The van der Waals surface area contributed by atoms with Crippen molar-refractivity contribution in [1.82, 2.24) is 4.90 Å². The summed E-state index contributed by atoms with van der Waals surface area (Å²) in [7, 11) is 0. The summed E-state index contributed by atoms with van der Waals surface area (Å²) in [4.78, 5) is 14.5. The van der Waals surface area contributed by atoms with Gasteiger partial charge in [-0.3, -0.25) is 0 Å². The van der Waals surface area contributed by atoms with Crippen LogP contribution in [0.5, 0.6) is 0 Å². The van der Waals surface area contributed by atoms with E-state index < -0.39 is 0 Å². The first-order valence-corrected chi connectivity index (χ1v) is 8.40. The van der Waals surface area contributed by atoms with E-state index in [-0.39, 0.29) is 17.1 Å². The minimum absolute atomic E-state index is 0.0400. The van der Waals surface area contributed by atoms with Crippen molar-refractivity contribution >= 4 is 6.09 Å². The lowest BCUT2D eigenvalue weighted by molar-refractivity contribution is -0.115. The molecule has 3 rings (SSSR count). The molecule has 3 aliphatic rings. The molecule has 0 radical (unpaired) electrons. The predicted molar refractivity (Wildman–Crippen MR) is 79.5 cm³/mol. The second-order valence-corrected chi connectivity index (χ2v) is 8.14. The molecule has 0 aromatic heterocycles. The molecule has 2 bridgehead atoms. The lowest BCUT2D eigenvalue weighted by Crippen LogP contribution is -2.53. The van der Waals surface area contributed by atoms with Gasteiger partial charge < -0.3 is 9.64 Å². The van der Waals surface area contributed by atoms with Crippen LogP contribution in [0.4, 0.5) is 4.79 Å². The van der Waals surface area contributed by atoms with E-state index in [9.17, 15) is 4.79 Å². The minimum atomic E-state index is -0.218. The number of hydrogen-bond acceptors (Lipinski definition) is 2. The minimum Gasteiger partial charge on any atom is -0.442 e. The van der Waals surface area contributed by atoms with Crippen LogP contribution in [0.25, 0.3) is 0 Å². The van der Waals surface area contributed by atoms with Crippen molar-refractivity contribution in [3.8, 4) is 0 Å². The maximum atomic E-state index is 12.6. The van der Waals surface area contributed by atoms with E-state index in [1.54, 1.807) is 0 Å². The Balaban J connectivity index is 1.76. The third-order valence-corrected chi connectivity index (χ3v) is 5.95. The Labute approximate surface area is 123 Å². The van der Waals surface area contributed by atoms with Crippen LogP contribution in [0.2, 0.25) is 0 Å². The van der Waals surface area contributed by atoms with Gasteiger partial charge in [0.15, 0.2) is 0 Å². The van der Waals surface area contributed by atoms with Crippen LogP contribution < -0.4 is 0 Å². The molecule has 20 heavy (non-hydrogen) atoms. The monoisotopic (exact) mass is 279 g/mol.